The van der Waals surface area contributed by atoms with Crippen LogP contribution < -0.4 is 0 Å². The minimum Gasteiger partial charge on any atom is -0.0578 e. The molecule has 0 atom stereocenters. The number of fused-ring (bicyclic) bond motifs is 5. The molecule has 0 bridgehead atoms. The Hall–Kier alpha value is -3.20. The van der Waals surface area contributed by atoms with Gasteiger partial charge in [0.2, 0.25) is 0 Å². The van der Waals surface area contributed by atoms with E-state index in [0.717, 1.165) is 8.95 Å². The summed E-state index contributed by atoms with van der Waals surface area (Å²) in [6, 6.07) is 33.6. The van der Waals surface area contributed by atoms with Crippen LogP contribution in [0.2, 0.25) is 0 Å². The third-order valence-corrected chi connectivity index (χ3v) is 13.1. The number of benzene rings is 6. The number of rotatable bonds is 2. The van der Waals surface area contributed by atoms with Gasteiger partial charge in [0.05, 0.1) is 0 Å². The fourth-order valence-corrected chi connectivity index (χ4v) is 9.28. The van der Waals surface area contributed by atoms with Crippen molar-refractivity contribution in [2.24, 2.45) is 0 Å². The van der Waals surface area contributed by atoms with Crippen LogP contribution in [0.5, 0.6) is 0 Å². The summed E-state index contributed by atoms with van der Waals surface area (Å²) in [5, 5.41) is 5.21. The predicted molar refractivity (Wildman–Crippen MR) is 240 cm³/mol. The van der Waals surface area contributed by atoms with Gasteiger partial charge in [-0.2, -0.15) is 0 Å². The Morgan fingerprint density at radius 3 is 1.00 bits per heavy atom. The van der Waals surface area contributed by atoms with Gasteiger partial charge in [-0.1, -0.05) is 177 Å². The molecule has 1 aliphatic rings. The molecular weight excluding hydrogens is 772 g/mol. The lowest BCUT2D eigenvalue weighted by atomic mass is 9.78. The van der Waals surface area contributed by atoms with E-state index in [9.17, 15) is 0 Å². The molecule has 6 aromatic rings. The molecule has 0 saturated heterocycles. The quantitative estimate of drug-likeness (QED) is 0.163. The van der Waals surface area contributed by atoms with Crippen molar-refractivity contribution in [1.29, 1.82) is 0 Å². The minimum atomic E-state index is -0.191. The van der Waals surface area contributed by atoms with Gasteiger partial charge in [0.15, 0.2) is 0 Å². The van der Waals surface area contributed by atoms with E-state index >= 15 is 0 Å². The summed E-state index contributed by atoms with van der Waals surface area (Å²) in [6.45, 7) is 32.6. The summed E-state index contributed by atoms with van der Waals surface area (Å²) in [4.78, 5) is 0. The van der Waals surface area contributed by atoms with Crippen molar-refractivity contribution in [3.63, 3.8) is 0 Å². The van der Waals surface area contributed by atoms with Crippen molar-refractivity contribution in [3.8, 4) is 33.4 Å². The highest BCUT2D eigenvalue weighted by atomic mass is 79.9. The van der Waals surface area contributed by atoms with Gasteiger partial charge >= 0.3 is 0 Å². The second kappa shape index (κ2) is 12.4. The number of hydrogen-bond donors (Lipinski definition) is 0. The maximum Gasteiger partial charge on any atom is 0.0260 e. The average molecular weight is 829 g/mol. The predicted octanol–water partition coefficient (Wildman–Crippen LogP) is 16.3. The minimum absolute atomic E-state index is 0.0187. The highest BCUT2D eigenvalue weighted by Crippen LogP contribution is 2.54. The molecule has 0 nitrogen and oxygen atoms in total. The molecule has 0 saturated carbocycles. The van der Waals surface area contributed by atoms with Crippen molar-refractivity contribution in [3.05, 3.63) is 127 Å². The Kier molecular flexibility index (Phi) is 8.92. The van der Waals surface area contributed by atoms with E-state index in [1.807, 2.05) is 0 Å². The highest BCUT2D eigenvalue weighted by Gasteiger charge is 2.38. The van der Waals surface area contributed by atoms with Gasteiger partial charge in [0, 0.05) is 14.4 Å². The lowest BCUT2D eigenvalue weighted by Gasteiger charge is -2.26. The van der Waals surface area contributed by atoms with Crippen LogP contribution in [-0.4, -0.2) is 0 Å². The molecule has 274 valence electrons. The summed E-state index contributed by atoms with van der Waals surface area (Å²) in [5.74, 6) is 0. The van der Waals surface area contributed by atoms with E-state index in [1.54, 1.807) is 0 Å². The van der Waals surface area contributed by atoms with Gasteiger partial charge in [0.1, 0.15) is 0 Å². The molecule has 0 spiro atoms. The Morgan fingerprint density at radius 1 is 0.358 bits per heavy atom. The Balaban J connectivity index is 1.43. The Bertz CT molecular complexity index is 2280. The zero-order chi connectivity index (χ0) is 38.8. The molecule has 0 fully saturated rings. The second-order valence-electron chi connectivity index (χ2n) is 20.3. The highest BCUT2D eigenvalue weighted by molar-refractivity contribution is 9.11. The number of hydrogen-bond acceptors (Lipinski definition) is 0. The van der Waals surface area contributed by atoms with Crippen LogP contribution in [0, 0.1) is 0 Å². The topological polar surface area (TPSA) is 0 Å². The summed E-state index contributed by atoms with van der Waals surface area (Å²) >= 11 is 8.23. The van der Waals surface area contributed by atoms with Crippen molar-refractivity contribution in [2.45, 2.75) is 124 Å². The molecule has 6 aromatic carbocycles. The average Bonchev–Trinajstić information content (AvgIpc) is 3.24. The van der Waals surface area contributed by atoms with Crippen LogP contribution in [0.1, 0.15) is 130 Å². The van der Waals surface area contributed by atoms with E-state index in [0.29, 0.717) is 0 Å². The number of halogens is 2. The first-order valence-electron chi connectivity index (χ1n) is 19.2. The van der Waals surface area contributed by atoms with Crippen molar-refractivity contribution >= 4 is 53.4 Å². The Morgan fingerprint density at radius 2 is 0.679 bits per heavy atom. The van der Waals surface area contributed by atoms with Crippen LogP contribution in [0.3, 0.4) is 0 Å². The summed E-state index contributed by atoms with van der Waals surface area (Å²) in [7, 11) is 0. The maximum absolute atomic E-state index is 4.11. The van der Waals surface area contributed by atoms with Crippen LogP contribution in [-0.2, 0) is 27.1 Å². The summed E-state index contributed by atoms with van der Waals surface area (Å²) in [6.07, 6.45) is 0. The first-order valence-corrected chi connectivity index (χ1v) is 20.8. The molecule has 0 radical (unpaired) electrons. The molecule has 2 heteroatoms. The van der Waals surface area contributed by atoms with E-state index in [1.165, 1.54) is 88.3 Å². The molecule has 0 unspecified atom stereocenters. The second-order valence-corrected chi connectivity index (χ2v) is 22.0. The smallest absolute Gasteiger partial charge is 0.0260 e. The molecule has 0 amide bonds. The van der Waals surface area contributed by atoms with Gasteiger partial charge in [-0.3, -0.25) is 0 Å². The molecule has 53 heavy (non-hydrogen) atoms. The van der Waals surface area contributed by atoms with Crippen LogP contribution in [0.25, 0.3) is 54.9 Å². The lowest BCUT2D eigenvalue weighted by molar-refractivity contribution is 0.589. The first kappa shape index (κ1) is 38.1. The first-order chi connectivity index (χ1) is 24.4. The molecule has 7 rings (SSSR count). The molecule has 0 N–H and O–H groups in total. The summed E-state index contributed by atoms with van der Waals surface area (Å²) in [5.41, 5.74) is 15.9. The zero-order valence-electron chi connectivity index (χ0n) is 34.3. The zero-order valence-corrected chi connectivity index (χ0v) is 37.5. The van der Waals surface area contributed by atoms with Crippen molar-refractivity contribution in [2.75, 3.05) is 0 Å². The lowest BCUT2D eigenvalue weighted by Crippen LogP contribution is -2.15. The van der Waals surface area contributed by atoms with E-state index in [4.69, 9.17) is 0 Å². The standard InChI is InChI=1S/C51H56Br2/c1-47(2,3)31-15-17-35-29(19-31)21-33(49(7,8)9)23-37(35)41-25-43-39(27-45(41)52)40-28-46(53)42(26-44(40)51(43,13)14)38-24-34(50(10,11)12)22-30-20-32(48(4,5)6)16-18-36(30)38/h15-28H,1-14H3. The monoisotopic (exact) mass is 826 g/mol. The molecular formula is C51H56Br2. The van der Waals surface area contributed by atoms with Crippen molar-refractivity contribution in [1.82, 2.24) is 0 Å². The third kappa shape index (κ3) is 6.65. The van der Waals surface area contributed by atoms with Gasteiger partial charge in [0.25, 0.3) is 0 Å². The largest absolute Gasteiger partial charge is 0.0578 e. The maximum atomic E-state index is 4.11. The van der Waals surface area contributed by atoms with Crippen molar-refractivity contribution < 1.29 is 0 Å². The SMILES string of the molecule is CC(C)(C)c1ccc2c(-c3cc4c(cc3Br)-c3cc(Br)c(-c5cc(C(C)(C)C)cc6cc(C(C)(C)C)ccc56)cc3C4(C)C)cc(C(C)(C)C)cc2c1. The van der Waals surface area contributed by atoms with Crippen LogP contribution in [0.15, 0.2) is 93.9 Å². The molecule has 0 heterocycles. The van der Waals surface area contributed by atoms with Gasteiger partial charge in [-0.25, -0.2) is 0 Å². The molecule has 0 aliphatic heterocycles. The van der Waals surface area contributed by atoms with Gasteiger partial charge in [-0.15, -0.1) is 0 Å². The molecule has 0 aromatic heterocycles. The normalized spacial score (nSPS) is 14.6. The van der Waals surface area contributed by atoms with E-state index in [-0.39, 0.29) is 27.1 Å². The summed E-state index contributed by atoms with van der Waals surface area (Å²) < 4.78 is 2.26. The Labute approximate surface area is 336 Å². The van der Waals surface area contributed by atoms with Gasteiger partial charge < -0.3 is 0 Å². The fourth-order valence-electron chi connectivity index (χ4n) is 8.17. The van der Waals surface area contributed by atoms with E-state index < -0.39 is 0 Å². The van der Waals surface area contributed by atoms with Gasteiger partial charge in [-0.05, 0) is 146 Å². The third-order valence-electron chi connectivity index (χ3n) is 11.8. The molecule has 1 aliphatic carbocycles. The van der Waals surface area contributed by atoms with E-state index in [2.05, 4.69) is 214 Å². The van der Waals surface area contributed by atoms with Crippen LogP contribution >= 0.6 is 31.9 Å². The fraction of sp³-hybridized carbons (Fsp3) is 0.373. The van der Waals surface area contributed by atoms with Crippen LogP contribution in [0.4, 0.5) is 0 Å².